The van der Waals surface area contributed by atoms with E-state index < -0.39 is 0 Å². The first-order valence-electron chi connectivity index (χ1n) is 8.97. The van der Waals surface area contributed by atoms with E-state index in [9.17, 15) is 4.79 Å². The van der Waals surface area contributed by atoms with Crippen LogP contribution in [-0.4, -0.2) is 37.0 Å². The van der Waals surface area contributed by atoms with Crippen LogP contribution in [0.1, 0.15) is 73.6 Å². The predicted octanol–water partition coefficient (Wildman–Crippen LogP) is 4.32. The summed E-state index contributed by atoms with van der Waals surface area (Å²) in [6.45, 7) is 13.5. The summed E-state index contributed by atoms with van der Waals surface area (Å²) in [5.74, 6) is 2.97. The first kappa shape index (κ1) is 21.4. The number of hydrogen-bond acceptors (Lipinski definition) is 2. The summed E-state index contributed by atoms with van der Waals surface area (Å²) in [7, 11) is 0. The molecule has 2 saturated heterocycles. The van der Waals surface area contributed by atoms with E-state index in [-0.39, 0.29) is 7.43 Å². The number of amides is 1. The highest BCUT2D eigenvalue weighted by atomic mass is 16.2. The monoisotopic (exact) mass is 312 g/mol. The highest BCUT2D eigenvalue weighted by Gasteiger charge is 2.19. The Morgan fingerprint density at radius 3 is 2.23 bits per heavy atom. The van der Waals surface area contributed by atoms with E-state index in [1.54, 1.807) is 0 Å². The minimum Gasteiger partial charge on any atom is -0.343 e. The van der Waals surface area contributed by atoms with E-state index >= 15 is 0 Å². The smallest absolute Gasteiger partial charge is 0.222 e. The van der Waals surface area contributed by atoms with Crippen molar-refractivity contribution in [2.45, 2.75) is 73.6 Å². The minimum absolute atomic E-state index is 0. The molecule has 22 heavy (non-hydrogen) atoms. The van der Waals surface area contributed by atoms with Crippen LogP contribution in [-0.2, 0) is 4.79 Å². The fourth-order valence-corrected chi connectivity index (χ4v) is 3.14. The topological polar surface area (TPSA) is 32.3 Å². The lowest BCUT2D eigenvalue weighted by Crippen LogP contribution is -2.28. The molecular formula is C19H40N2O. The predicted molar refractivity (Wildman–Crippen MR) is 97.0 cm³/mol. The molecule has 2 aliphatic rings. The van der Waals surface area contributed by atoms with Gasteiger partial charge in [0.1, 0.15) is 0 Å². The second-order valence-electron chi connectivity index (χ2n) is 7.49. The molecule has 3 nitrogen and oxygen atoms in total. The highest BCUT2D eigenvalue weighted by Crippen LogP contribution is 2.20. The molecule has 1 N–H and O–H groups in total. The average molecular weight is 313 g/mol. The van der Waals surface area contributed by atoms with E-state index in [0.717, 1.165) is 44.2 Å². The van der Waals surface area contributed by atoms with Gasteiger partial charge in [-0.05, 0) is 62.9 Å². The molecule has 3 heteroatoms. The van der Waals surface area contributed by atoms with Gasteiger partial charge >= 0.3 is 0 Å². The number of nitrogens with zero attached hydrogens (tertiary/aromatic N) is 1. The maximum absolute atomic E-state index is 11.1. The van der Waals surface area contributed by atoms with E-state index in [2.05, 4.69) is 33.0 Å². The number of nitrogens with one attached hydrogen (secondary N) is 1. The summed E-state index contributed by atoms with van der Waals surface area (Å²) < 4.78 is 0. The lowest BCUT2D eigenvalue weighted by Gasteiger charge is -2.23. The summed E-state index contributed by atoms with van der Waals surface area (Å²) in [5, 5.41) is 3.39. The van der Waals surface area contributed by atoms with Gasteiger partial charge in [0.05, 0.1) is 0 Å². The largest absolute Gasteiger partial charge is 0.343 e. The van der Waals surface area contributed by atoms with Crippen molar-refractivity contribution in [3.05, 3.63) is 0 Å². The number of rotatable bonds is 5. The van der Waals surface area contributed by atoms with Crippen molar-refractivity contribution in [1.29, 1.82) is 0 Å². The van der Waals surface area contributed by atoms with Crippen LogP contribution in [0.4, 0.5) is 0 Å². The van der Waals surface area contributed by atoms with Crippen molar-refractivity contribution in [3.63, 3.8) is 0 Å². The van der Waals surface area contributed by atoms with Crippen LogP contribution in [0.3, 0.4) is 0 Å². The normalized spacial score (nSPS) is 19.2. The first-order chi connectivity index (χ1) is 9.99. The molecule has 0 aromatic carbocycles. The standard InChI is InChI=1S/C9H17NO.C9H19N.CH4/c1-8(2)5-7-10-6-3-4-9(10)11;1-8(2)7-9-3-5-10-6-4-9;/h8H,3-7H2,1-2H3;8-10H,3-7H2,1-2H3;1H4. The Bertz CT molecular complexity index is 283. The van der Waals surface area contributed by atoms with Gasteiger partial charge in [0.25, 0.3) is 0 Å². The summed E-state index contributed by atoms with van der Waals surface area (Å²) in [6, 6.07) is 0. The zero-order valence-corrected chi connectivity index (χ0v) is 14.7. The van der Waals surface area contributed by atoms with Gasteiger partial charge in [-0.3, -0.25) is 4.79 Å². The van der Waals surface area contributed by atoms with Gasteiger partial charge in [-0.2, -0.15) is 0 Å². The second-order valence-corrected chi connectivity index (χ2v) is 7.49. The molecule has 2 aliphatic heterocycles. The van der Waals surface area contributed by atoms with Crippen LogP contribution in [0.2, 0.25) is 0 Å². The van der Waals surface area contributed by atoms with Crippen LogP contribution in [0.15, 0.2) is 0 Å². The number of hydrogen-bond donors (Lipinski definition) is 1. The lowest BCUT2D eigenvalue weighted by atomic mass is 9.89. The molecule has 2 rings (SSSR count). The zero-order valence-electron chi connectivity index (χ0n) is 14.7. The van der Waals surface area contributed by atoms with Crippen molar-refractivity contribution >= 4 is 5.91 Å². The van der Waals surface area contributed by atoms with Gasteiger partial charge in [0.15, 0.2) is 0 Å². The van der Waals surface area contributed by atoms with Crippen LogP contribution in [0.5, 0.6) is 0 Å². The van der Waals surface area contributed by atoms with E-state index in [1.165, 1.54) is 32.4 Å². The Kier molecular flexibility index (Phi) is 11.6. The number of carbonyl (C=O) groups excluding carboxylic acids is 1. The van der Waals surface area contributed by atoms with Crippen LogP contribution in [0, 0.1) is 17.8 Å². The van der Waals surface area contributed by atoms with Gasteiger partial charge in [0, 0.05) is 19.5 Å². The van der Waals surface area contributed by atoms with Gasteiger partial charge in [-0.1, -0.05) is 35.1 Å². The molecule has 1 amide bonds. The maximum atomic E-state index is 11.1. The third-order valence-corrected chi connectivity index (χ3v) is 4.41. The summed E-state index contributed by atoms with van der Waals surface area (Å²) >= 11 is 0. The van der Waals surface area contributed by atoms with E-state index in [1.807, 2.05) is 4.90 Å². The third-order valence-electron chi connectivity index (χ3n) is 4.41. The summed E-state index contributed by atoms with van der Waals surface area (Å²) in [4.78, 5) is 13.1. The lowest BCUT2D eigenvalue weighted by molar-refractivity contribution is -0.127. The first-order valence-corrected chi connectivity index (χ1v) is 8.97. The quantitative estimate of drug-likeness (QED) is 0.820. The van der Waals surface area contributed by atoms with Crippen LogP contribution >= 0.6 is 0 Å². The van der Waals surface area contributed by atoms with Crippen molar-refractivity contribution in [2.24, 2.45) is 17.8 Å². The number of piperidine rings is 1. The van der Waals surface area contributed by atoms with Gasteiger partial charge in [-0.25, -0.2) is 0 Å². The van der Waals surface area contributed by atoms with Crippen LogP contribution < -0.4 is 5.32 Å². The second kappa shape index (κ2) is 11.9. The molecule has 0 aromatic heterocycles. The molecule has 132 valence electrons. The average Bonchev–Trinajstić information content (AvgIpc) is 2.83. The fraction of sp³-hybridized carbons (Fsp3) is 0.947. The Hall–Kier alpha value is -0.570. The van der Waals surface area contributed by atoms with Gasteiger partial charge < -0.3 is 10.2 Å². The SMILES string of the molecule is C.CC(C)CC1CCNCC1.CC(C)CCN1CCCC1=O. The van der Waals surface area contributed by atoms with Crippen molar-refractivity contribution in [2.75, 3.05) is 26.2 Å². The number of likely N-dealkylation sites (tertiary alicyclic amines) is 1. The van der Waals surface area contributed by atoms with Gasteiger partial charge in [0.2, 0.25) is 5.91 Å². The molecular weight excluding hydrogens is 272 g/mol. The maximum Gasteiger partial charge on any atom is 0.222 e. The van der Waals surface area contributed by atoms with Crippen molar-refractivity contribution in [1.82, 2.24) is 10.2 Å². The Morgan fingerprint density at radius 1 is 1.14 bits per heavy atom. The molecule has 0 spiro atoms. The third kappa shape index (κ3) is 9.45. The molecule has 0 aliphatic carbocycles. The molecule has 0 atom stereocenters. The molecule has 0 aromatic rings. The Labute approximate surface area is 139 Å². The molecule has 0 unspecified atom stereocenters. The van der Waals surface area contributed by atoms with Crippen molar-refractivity contribution in [3.8, 4) is 0 Å². The zero-order chi connectivity index (χ0) is 15.7. The highest BCUT2D eigenvalue weighted by molar-refractivity contribution is 5.77. The Morgan fingerprint density at radius 2 is 1.77 bits per heavy atom. The number of carbonyl (C=O) groups is 1. The minimum atomic E-state index is 0. The van der Waals surface area contributed by atoms with E-state index in [4.69, 9.17) is 0 Å². The Balaban J connectivity index is 0.000000385. The molecule has 0 bridgehead atoms. The van der Waals surface area contributed by atoms with Crippen LogP contribution in [0.25, 0.3) is 0 Å². The van der Waals surface area contributed by atoms with E-state index in [0.29, 0.717) is 11.8 Å². The fourth-order valence-electron chi connectivity index (χ4n) is 3.14. The molecule has 2 fully saturated rings. The molecule has 0 saturated carbocycles. The van der Waals surface area contributed by atoms with Gasteiger partial charge in [-0.15, -0.1) is 0 Å². The van der Waals surface area contributed by atoms with Crippen molar-refractivity contribution < 1.29 is 4.79 Å². The molecule has 2 heterocycles. The molecule has 0 radical (unpaired) electrons. The summed E-state index contributed by atoms with van der Waals surface area (Å²) in [5.41, 5.74) is 0. The summed E-state index contributed by atoms with van der Waals surface area (Å²) in [6.07, 6.45) is 7.22.